The summed E-state index contributed by atoms with van der Waals surface area (Å²) >= 11 is 1.62. The van der Waals surface area contributed by atoms with Crippen LogP contribution in [-0.4, -0.2) is 17.1 Å². The van der Waals surface area contributed by atoms with Crippen molar-refractivity contribution in [3.05, 3.63) is 53.6 Å². The average molecular weight is 326 g/mol. The molecule has 0 aromatic heterocycles. The smallest absolute Gasteiger partial charge is 0.238 e. The van der Waals surface area contributed by atoms with Gasteiger partial charge in [0.2, 0.25) is 11.8 Å². The molecule has 118 valence electrons. The summed E-state index contributed by atoms with van der Waals surface area (Å²) in [6.45, 7) is 3.53. The topological polar surface area (TPSA) is 58.2 Å². The number of benzene rings is 2. The molecule has 2 N–H and O–H groups in total. The van der Waals surface area contributed by atoms with Gasteiger partial charge in [0.15, 0.2) is 0 Å². The van der Waals surface area contributed by atoms with Gasteiger partial charge < -0.3 is 10.6 Å². The summed E-state index contributed by atoms with van der Waals surface area (Å²) < 4.78 is 0. The molecule has 23 heavy (non-hydrogen) atoms. The summed E-state index contributed by atoms with van der Waals surface area (Å²) in [6.07, 6.45) is 0.760. The molecule has 1 aliphatic heterocycles. The molecular formula is C18H18N2O2S. The van der Waals surface area contributed by atoms with Crippen LogP contribution in [0.1, 0.15) is 18.1 Å². The summed E-state index contributed by atoms with van der Waals surface area (Å²) in [5, 5.41) is 5.55. The molecule has 0 radical (unpaired) electrons. The van der Waals surface area contributed by atoms with Crippen LogP contribution in [0.25, 0.3) is 0 Å². The third-order valence-corrected chi connectivity index (χ3v) is 4.96. The lowest BCUT2D eigenvalue weighted by molar-refractivity contribution is -0.116. The number of thioether (sulfide) groups is 1. The van der Waals surface area contributed by atoms with Crippen molar-refractivity contribution in [1.82, 2.24) is 0 Å². The maximum Gasteiger partial charge on any atom is 0.238 e. The van der Waals surface area contributed by atoms with E-state index in [1.807, 2.05) is 0 Å². The van der Waals surface area contributed by atoms with E-state index in [1.165, 1.54) is 22.9 Å². The van der Waals surface area contributed by atoms with Crippen molar-refractivity contribution in [3.8, 4) is 0 Å². The molecule has 5 heteroatoms. The van der Waals surface area contributed by atoms with Crippen molar-refractivity contribution in [1.29, 1.82) is 0 Å². The molecule has 0 saturated carbocycles. The number of aryl methyl sites for hydroxylation is 1. The standard InChI is InChI=1S/C18H18N2O2S/c1-11-3-4-13-10-17(23-16(13)9-11)18(22)20-15-7-5-14(6-8-15)19-12(2)21/h3-9,17H,10H2,1-2H3,(H,19,21)(H,20,22)/t17-/m1/s1. The molecule has 0 fully saturated rings. The first-order chi connectivity index (χ1) is 11.0. The molecule has 0 aliphatic carbocycles. The lowest BCUT2D eigenvalue weighted by atomic mass is 10.1. The lowest BCUT2D eigenvalue weighted by Crippen LogP contribution is -2.24. The number of hydrogen-bond acceptors (Lipinski definition) is 3. The molecule has 0 spiro atoms. The zero-order chi connectivity index (χ0) is 16.4. The van der Waals surface area contributed by atoms with E-state index in [-0.39, 0.29) is 17.1 Å². The van der Waals surface area contributed by atoms with E-state index in [2.05, 4.69) is 35.8 Å². The highest BCUT2D eigenvalue weighted by atomic mass is 32.2. The summed E-state index contributed by atoms with van der Waals surface area (Å²) in [6, 6.07) is 13.5. The molecule has 0 saturated heterocycles. The maximum atomic E-state index is 12.4. The molecule has 1 heterocycles. The molecule has 3 rings (SSSR count). The molecule has 2 aromatic carbocycles. The van der Waals surface area contributed by atoms with Gasteiger partial charge in [0.25, 0.3) is 0 Å². The van der Waals surface area contributed by atoms with Crippen LogP contribution in [0.2, 0.25) is 0 Å². The van der Waals surface area contributed by atoms with Crippen molar-refractivity contribution in [2.45, 2.75) is 30.4 Å². The van der Waals surface area contributed by atoms with E-state index in [9.17, 15) is 9.59 Å². The van der Waals surface area contributed by atoms with Gasteiger partial charge in [0, 0.05) is 23.2 Å². The molecule has 1 aliphatic rings. The van der Waals surface area contributed by atoms with E-state index < -0.39 is 0 Å². The number of rotatable bonds is 3. The normalized spacial score (nSPS) is 15.8. The minimum absolute atomic E-state index is 0.0103. The number of nitrogens with one attached hydrogen (secondary N) is 2. The van der Waals surface area contributed by atoms with Crippen molar-refractivity contribution >= 4 is 35.0 Å². The second-order valence-corrected chi connectivity index (χ2v) is 6.91. The number of carbonyl (C=O) groups excluding carboxylic acids is 2. The predicted molar refractivity (Wildman–Crippen MR) is 93.9 cm³/mol. The number of fused-ring (bicyclic) bond motifs is 1. The minimum atomic E-state index is -0.114. The van der Waals surface area contributed by atoms with Gasteiger partial charge in [-0.25, -0.2) is 0 Å². The van der Waals surface area contributed by atoms with Gasteiger partial charge in [-0.15, -0.1) is 11.8 Å². The largest absolute Gasteiger partial charge is 0.326 e. The zero-order valence-electron chi connectivity index (χ0n) is 13.1. The first-order valence-corrected chi connectivity index (χ1v) is 8.34. The van der Waals surface area contributed by atoms with Crippen molar-refractivity contribution in [2.24, 2.45) is 0 Å². The van der Waals surface area contributed by atoms with Gasteiger partial charge in [-0.3, -0.25) is 9.59 Å². The predicted octanol–water partition coefficient (Wildman–Crippen LogP) is 3.61. The van der Waals surface area contributed by atoms with Crippen LogP contribution in [0.5, 0.6) is 0 Å². The van der Waals surface area contributed by atoms with Gasteiger partial charge in [0.1, 0.15) is 0 Å². The van der Waals surface area contributed by atoms with Crippen molar-refractivity contribution in [2.75, 3.05) is 10.6 Å². The second-order valence-electron chi connectivity index (χ2n) is 5.67. The third-order valence-electron chi connectivity index (χ3n) is 3.66. The third kappa shape index (κ3) is 3.74. The van der Waals surface area contributed by atoms with E-state index in [0.717, 1.165) is 12.1 Å². The Kier molecular flexibility index (Phi) is 4.39. The SMILES string of the molecule is CC(=O)Nc1ccc(NC(=O)[C@H]2Cc3ccc(C)cc3S2)cc1. The number of amides is 2. The number of anilines is 2. The molecule has 4 nitrogen and oxygen atoms in total. The van der Waals surface area contributed by atoms with Gasteiger partial charge in [-0.1, -0.05) is 17.7 Å². The fourth-order valence-corrected chi connectivity index (χ4v) is 3.84. The molecular weight excluding hydrogens is 308 g/mol. The molecule has 2 aromatic rings. The Bertz CT molecular complexity index is 756. The lowest BCUT2D eigenvalue weighted by Gasteiger charge is -2.10. The van der Waals surface area contributed by atoms with Crippen LogP contribution in [0, 0.1) is 6.92 Å². The average Bonchev–Trinajstić information content (AvgIpc) is 2.92. The van der Waals surface area contributed by atoms with E-state index in [0.29, 0.717) is 5.69 Å². The van der Waals surface area contributed by atoms with Crippen LogP contribution in [0.3, 0.4) is 0 Å². The Balaban J connectivity index is 1.63. The Morgan fingerprint density at radius 1 is 1.04 bits per heavy atom. The quantitative estimate of drug-likeness (QED) is 0.906. The summed E-state index contributed by atoms with van der Waals surface area (Å²) in [5.41, 5.74) is 3.90. The number of carbonyl (C=O) groups is 2. The van der Waals surface area contributed by atoms with E-state index in [1.54, 1.807) is 36.0 Å². The number of hydrogen-bond donors (Lipinski definition) is 2. The molecule has 0 bridgehead atoms. The van der Waals surface area contributed by atoms with Gasteiger partial charge in [-0.05, 0) is 49.2 Å². The van der Waals surface area contributed by atoms with Crippen LogP contribution in [0.15, 0.2) is 47.4 Å². The van der Waals surface area contributed by atoms with Crippen molar-refractivity contribution in [3.63, 3.8) is 0 Å². The van der Waals surface area contributed by atoms with Crippen LogP contribution in [0.4, 0.5) is 11.4 Å². The Labute approximate surface area is 139 Å². The summed E-state index contributed by atoms with van der Waals surface area (Å²) in [5.74, 6) is -0.103. The van der Waals surface area contributed by atoms with E-state index >= 15 is 0 Å². The van der Waals surface area contributed by atoms with E-state index in [4.69, 9.17) is 0 Å². The summed E-state index contributed by atoms with van der Waals surface area (Å²) in [7, 11) is 0. The fraction of sp³-hybridized carbons (Fsp3) is 0.222. The van der Waals surface area contributed by atoms with Crippen molar-refractivity contribution < 1.29 is 9.59 Å². The monoisotopic (exact) mass is 326 g/mol. The Morgan fingerprint density at radius 2 is 1.70 bits per heavy atom. The van der Waals surface area contributed by atoms with Crippen LogP contribution in [-0.2, 0) is 16.0 Å². The first kappa shape index (κ1) is 15.6. The highest BCUT2D eigenvalue weighted by molar-refractivity contribution is 8.01. The Morgan fingerprint density at radius 3 is 2.35 bits per heavy atom. The first-order valence-electron chi connectivity index (χ1n) is 7.46. The molecule has 1 atom stereocenters. The highest BCUT2D eigenvalue weighted by Gasteiger charge is 2.28. The fourth-order valence-electron chi connectivity index (χ4n) is 2.54. The van der Waals surface area contributed by atoms with Gasteiger partial charge in [0.05, 0.1) is 5.25 Å². The van der Waals surface area contributed by atoms with Gasteiger partial charge in [-0.2, -0.15) is 0 Å². The van der Waals surface area contributed by atoms with Crippen LogP contribution < -0.4 is 10.6 Å². The van der Waals surface area contributed by atoms with Crippen LogP contribution >= 0.6 is 11.8 Å². The summed E-state index contributed by atoms with van der Waals surface area (Å²) in [4.78, 5) is 24.6. The molecule has 2 amide bonds. The zero-order valence-corrected chi connectivity index (χ0v) is 13.9. The second kappa shape index (κ2) is 6.46. The Hall–Kier alpha value is -2.27. The maximum absolute atomic E-state index is 12.4. The van der Waals surface area contributed by atoms with Gasteiger partial charge >= 0.3 is 0 Å². The highest BCUT2D eigenvalue weighted by Crippen LogP contribution is 2.38. The molecule has 0 unspecified atom stereocenters. The minimum Gasteiger partial charge on any atom is -0.326 e.